The van der Waals surface area contributed by atoms with Gasteiger partial charge in [-0.2, -0.15) is 0 Å². The summed E-state index contributed by atoms with van der Waals surface area (Å²) in [5.41, 5.74) is 2.89. The van der Waals surface area contributed by atoms with Gasteiger partial charge in [-0.1, -0.05) is 43.7 Å². The SMILES string of the molecule is CC1=CC(C)(P)C=CC=C1CC(C)C. The van der Waals surface area contributed by atoms with Gasteiger partial charge in [-0.05, 0) is 31.8 Å². The zero-order chi connectivity index (χ0) is 10.8. The first-order valence-electron chi connectivity index (χ1n) is 5.28. The van der Waals surface area contributed by atoms with Crippen LogP contribution in [0.2, 0.25) is 0 Å². The van der Waals surface area contributed by atoms with Crippen molar-refractivity contribution in [3.8, 4) is 0 Å². The first kappa shape index (κ1) is 11.7. The number of allylic oxidation sites excluding steroid dienone is 6. The van der Waals surface area contributed by atoms with Crippen molar-refractivity contribution in [3.63, 3.8) is 0 Å². The molecule has 2 atom stereocenters. The maximum atomic E-state index is 2.89. The Kier molecular flexibility index (Phi) is 3.72. The molecule has 1 rings (SSSR count). The third kappa shape index (κ3) is 3.42. The summed E-state index contributed by atoms with van der Waals surface area (Å²) in [5.74, 6) is 0.729. The molecule has 0 saturated carbocycles. The lowest BCUT2D eigenvalue weighted by Crippen LogP contribution is -2.07. The Morgan fingerprint density at radius 1 is 1.43 bits per heavy atom. The largest absolute Gasteiger partial charge is 0.123 e. The number of rotatable bonds is 2. The van der Waals surface area contributed by atoms with E-state index in [0.717, 1.165) is 5.92 Å². The molecule has 0 N–H and O–H groups in total. The minimum Gasteiger partial charge on any atom is -0.123 e. The van der Waals surface area contributed by atoms with Crippen molar-refractivity contribution < 1.29 is 0 Å². The molecule has 1 aliphatic carbocycles. The molecule has 0 heterocycles. The summed E-state index contributed by atoms with van der Waals surface area (Å²) in [6, 6.07) is 0. The summed E-state index contributed by atoms with van der Waals surface area (Å²) >= 11 is 0. The molecule has 0 aromatic carbocycles. The lowest BCUT2D eigenvalue weighted by molar-refractivity contribution is 0.645. The van der Waals surface area contributed by atoms with Crippen LogP contribution < -0.4 is 0 Å². The highest BCUT2D eigenvalue weighted by Gasteiger charge is 2.14. The van der Waals surface area contributed by atoms with E-state index >= 15 is 0 Å². The van der Waals surface area contributed by atoms with Crippen LogP contribution in [-0.2, 0) is 0 Å². The molecule has 0 aliphatic heterocycles. The van der Waals surface area contributed by atoms with Gasteiger partial charge in [0.2, 0.25) is 0 Å². The van der Waals surface area contributed by atoms with Crippen molar-refractivity contribution in [1.82, 2.24) is 0 Å². The van der Waals surface area contributed by atoms with Gasteiger partial charge in [0.25, 0.3) is 0 Å². The van der Waals surface area contributed by atoms with Gasteiger partial charge in [-0.3, -0.25) is 0 Å². The monoisotopic (exact) mass is 208 g/mol. The van der Waals surface area contributed by atoms with Gasteiger partial charge in [0.1, 0.15) is 0 Å². The van der Waals surface area contributed by atoms with Gasteiger partial charge in [-0.15, -0.1) is 9.24 Å². The second-order valence-corrected chi connectivity index (χ2v) is 6.09. The van der Waals surface area contributed by atoms with Crippen molar-refractivity contribution >= 4 is 9.24 Å². The Balaban J connectivity index is 2.89. The van der Waals surface area contributed by atoms with Crippen LogP contribution in [0, 0.1) is 5.92 Å². The summed E-state index contributed by atoms with van der Waals surface area (Å²) in [5, 5.41) is 0.124. The molecule has 0 aromatic rings. The van der Waals surface area contributed by atoms with Crippen LogP contribution in [0.5, 0.6) is 0 Å². The Hall–Kier alpha value is -0.350. The van der Waals surface area contributed by atoms with Crippen molar-refractivity contribution in [2.75, 3.05) is 0 Å². The quantitative estimate of drug-likeness (QED) is 0.599. The van der Waals surface area contributed by atoms with Crippen molar-refractivity contribution in [2.24, 2.45) is 5.92 Å². The highest BCUT2D eigenvalue weighted by atomic mass is 31.0. The van der Waals surface area contributed by atoms with Crippen molar-refractivity contribution in [2.45, 2.75) is 39.3 Å². The van der Waals surface area contributed by atoms with E-state index in [0.29, 0.717) is 0 Å². The average Bonchev–Trinajstić information content (AvgIpc) is 2.10. The van der Waals surface area contributed by atoms with Crippen LogP contribution in [0.1, 0.15) is 34.1 Å². The molecule has 0 bridgehead atoms. The molecule has 0 fully saturated rings. The third-order valence-electron chi connectivity index (χ3n) is 2.41. The molecule has 0 amide bonds. The molecule has 0 nitrogen and oxygen atoms in total. The molecule has 1 aliphatic rings. The number of hydrogen-bond donors (Lipinski definition) is 0. The van der Waals surface area contributed by atoms with Gasteiger partial charge in [0.15, 0.2) is 0 Å². The summed E-state index contributed by atoms with van der Waals surface area (Å²) in [4.78, 5) is 0. The zero-order valence-corrected chi connectivity index (χ0v) is 10.8. The lowest BCUT2D eigenvalue weighted by atomic mass is 9.96. The van der Waals surface area contributed by atoms with Crippen LogP contribution in [0.15, 0.2) is 35.5 Å². The molecule has 78 valence electrons. The van der Waals surface area contributed by atoms with Gasteiger partial charge < -0.3 is 0 Å². The van der Waals surface area contributed by atoms with Crippen LogP contribution in [0.3, 0.4) is 0 Å². The molecule has 0 saturated heterocycles. The fourth-order valence-corrected chi connectivity index (χ4v) is 2.14. The summed E-state index contributed by atoms with van der Waals surface area (Å²) in [6.07, 6.45) is 10.2. The molecular formula is C13H21P. The standard InChI is InChI=1S/C13H21P/c1-10(2)8-12-6-5-7-13(4,14)9-11(12)3/h5-7,9-10H,8,14H2,1-4H3. The highest BCUT2D eigenvalue weighted by Crippen LogP contribution is 2.30. The van der Waals surface area contributed by atoms with E-state index in [2.05, 4.69) is 61.2 Å². The molecular weight excluding hydrogens is 187 g/mol. The molecule has 0 radical (unpaired) electrons. The van der Waals surface area contributed by atoms with Crippen LogP contribution >= 0.6 is 9.24 Å². The second kappa shape index (κ2) is 4.45. The van der Waals surface area contributed by atoms with Crippen molar-refractivity contribution in [3.05, 3.63) is 35.5 Å². The fourth-order valence-electron chi connectivity index (χ4n) is 1.78. The highest BCUT2D eigenvalue weighted by molar-refractivity contribution is 7.19. The summed E-state index contributed by atoms with van der Waals surface area (Å²) < 4.78 is 0. The van der Waals surface area contributed by atoms with E-state index in [1.165, 1.54) is 17.6 Å². The minimum atomic E-state index is 0.124. The Labute approximate surface area is 90.4 Å². The van der Waals surface area contributed by atoms with E-state index in [1.54, 1.807) is 0 Å². The maximum absolute atomic E-state index is 2.89. The van der Waals surface area contributed by atoms with E-state index < -0.39 is 0 Å². The summed E-state index contributed by atoms with van der Waals surface area (Å²) in [7, 11) is 2.89. The maximum Gasteiger partial charge on any atom is 0.0185 e. The third-order valence-corrected chi connectivity index (χ3v) is 2.77. The first-order valence-corrected chi connectivity index (χ1v) is 5.85. The van der Waals surface area contributed by atoms with Gasteiger partial charge in [0, 0.05) is 5.16 Å². The molecule has 0 spiro atoms. The normalized spacial score (nSPS) is 27.3. The Morgan fingerprint density at radius 3 is 2.64 bits per heavy atom. The van der Waals surface area contributed by atoms with E-state index in [1.807, 2.05) is 0 Å². The average molecular weight is 208 g/mol. The van der Waals surface area contributed by atoms with Crippen LogP contribution in [0.4, 0.5) is 0 Å². The predicted molar refractivity (Wildman–Crippen MR) is 68.6 cm³/mol. The minimum absolute atomic E-state index is 0.124. The fraction of sp³-hybridized carbons (Fsp3) is 0.538. The zero-order valence-electron chi connectivity index (χ0n) is 9.67. The van der Waals surface area contributed by atoms with E-state index in [9.17, 15) is 0 Å². The van der Waals surface area contributed by atoms with Gasteiger partial charge in [0.05, 0.1) is 0 Å². The Bertz CT molecular complexity index is 290. The lowest BCUT2D eigenvalue weighted by Gasteiger charge is -2.16. The van der Waals surface area contributed by atoms with Crippen molar-refractivity contribution in [1.29, 1.82) is 0 Å². The summed E-state index contributed by atoms with van der Waals surface area (Å²) in [6.45, 7) is 8.96. The Morgan fingerprint density at radius 2 is 2.07 bits per heavy atom. The van der Waals surface area contributed by atoms with E-state index in [4.69, 9.17) is 0 Å². The van der Waals surface area contributed by atoms with E-state index in [-0.39, 0.29) is 5.16 Å². The molecule has 14 heavy (non-hydrogen) atoms. The van der Waals surface area contributed by atoms with Crippen LogP contribution in [0.25, 0.3) is 0 Å². The smallest absolute Gasteiger partial charge is 0.0185 e. The molecule has 2 unspecified atom stereocenters. The molecule has 1 heteroatoms. The van der Waals surface area contributed by atoms with Gasteiger partial charge in [-0.25, -0.2) is 0 Å². The second-order valence-electron chi connectivity index (χ2n) is 4.84. The van der Waals surface area contributed by atoms with Crippen LogP contribution in [-0.4, -0.2) is 5.16 Å². The predicted octanol–water partition coefficient (Wildman–Crippen LogP) is 4.11. The first-order chi connectivity index (χ1) is 6.41. The topological polar surface area (TPSA) is 0 Å². The number of hydrogen-bond acceptors (Lipinski definition) is 0. The van der Waals surface area contributed by atoms with Gasteiger partial charge >= 0.3 is 0 Å². The molecule has 0 aromatic heterocycles.